The Morgan fingerprint density at radius 3 is 2.64 bits per heavy atom. The van der Waals surface area contributed by atoms with Gasteiger partial charge in [-0.05, 0) is 39.9 Å². The van der Waals surface area contributed by atoms with E-state index in [4.69, 9.17) is 10.5 Å². The van der Waals surface area contributed by atoms with Crippen LogP contribution < -0.4 is 5.73 Å². The Hall–Kier alpha value is -0.610. The van der Waals surface area contributed by atoms with Crippen LogP contribution in [0.15, 0.2) is 0 Å². The summed E-state index contributed by atoms with van der Waals surface area (Å²) in [5.74, 6) is -0.145. The van der Waals surface area contributed by atoms with Gasteiger partial charge in [0.25, 0.3) is 0 Å². The van der Waals surface area contributed by atoms with Crippen molar-refractivity contribution in [1.29, 1.82) is 0 Å². The van der Waals surface area contributed by atoms with Crippen LogP contribution in [0.5, 0.6) is 0 Å². The molecule has 0 heterocycles. The van der Waals surface area contributed by atoms with E-state index < -0.39 is 0 Å². The Morgan fingerprint density at radius 1 is 1.36 bits per heavy atom. The molecule has 0 amide bonds. The summed E-state index contributed by atoms with van der Waals surface area (Å²) in [7, 11) is 1.93. The molecule has 0 saturated carbocycles. The Labute approximate surface area is 86.4 Å². The van der Waals surface area contributed by atoms with Crippen molar-refractivity contribution in [2.45, 2.75) is 26.2 Å². The first-order valence-electron chi connectivity index (χ1n) is 5.25. The predicted octanol–water partition coefficient (Wildman–Crippen LogP) is 0.610. The second kappa shape index (κ2) is 8.97. The summed E-state index contributed by atoms with van der Waals surface area (Å²) in [5.41, 5.74) is 5.38. The number of nitrogens with zero attached hydrogens (tertiary/aromatic N) is 1. The largest absolute Gasteiger partial charge is 0.465 e. The van der Waals surface area contributed by atoms with E-state index in [0.717, 1.165) is 32.4 Å². The summed E-state index contributed by atoms with van der Waals surface area (Å²) in [6, 6.07) is 0. The van der Waals surface area contributed by atoms with Crippen LogP contribution in [0.25, 0.3) is 0 Å². The van der Waals surface area contributed by atoms with Crippen LogP contribution in [-0.4, -0.2) is 44.2 Å². The van der Waals surface area contributed by atoms with E-state index in [1.807, 2.05) is 18.9 Å². The van der Waals surface area contributed by atoms with Gasteiger partial charge in [-0.1, -0.05) is 6.42 Å². The van der Waals surface area contributed by atoms with Crippen molar-refractivity contribution in [3.05, 3.63) is 0 Å². The van der Waals surface area contributed by atoms with Gasteiger partial charge in [0, 0.05) is 0 Å². The highest BCUT2D eigenvalue weighted by Crippen LogP contribution is 1.96. The van der Waals surface area contributed by atoms with E-state index in [-0.39, 0.29) is 5.97 Å². The predicted molar refractivity (Wildman–Crippen MR) is 57.0 cm³/mol. The lowest BCUT2D eigenvalue weighted by molar-refractivity contribution is -0.144. The first-order valence-corrected chi connectivity index (χ1v) is 5.25. The molecule has 0 spiro atoms. The average molecular weight is 202 g/mol. The highest BCUT2D eigenvalue weighted by Gasteiger charge is 2.05. The standard InChI is InChI=1S/C10H22N2O2/c1-3-14-10(13)9-12(2)8-6-4-5-7-11/h3-9,11H2,1-2H3. The van der Waals surface area contributed by atoms with Crippen LogP contribution in [-0.2, 0) is 9.53 Å². The third-order valence-electron chi connectivity index (χ3n) is 1.95. The molecule has 0 aliphatic rings. The quantitative estimate of drug-likeness (QED) is 0.463. The Kier molecular flexibility index (Phi) is 8.57. The smallest absolute Gasteiger partial charge is 0.320 e. The normalized spacial score (nSPS) is 10.6. The molecule has 0 saturated heterocycles. The zero-order valence-corrected chi connectivity index (χ0v) is 9.29. The van der Waals surface area contributed by atoms with Crippen molar-refractivity contribution in [2.24, 2.45) is 5.73 Å². The minimum Gasteiger partial charge on any atom is -0.465 e. The molecule has 0 atom stereocenters. The van der Waals surface area contributed by atoms with Gasteiger partial charge in [-0.2, -0.15) is 0 Å². The maximum absolute atomic E-state index is 11.1. The van der Waals surface area contributed by atoms with E-state index in [1.54, 1.807) is 0 Å². The summed E-state index contributed by atoms with van der Waals surface area (Å²) < 4.78 is 4.84. The van der Waals surface area contributed by atoms with Crippen molar-refractivity contribution in [1.82, 2.24) is 4.90 Å². The van der Waals surface area contributed by atoms with Crippen LogP contribution in [0, 0.1) is 0 Å². The van der Waals surface area contributed by atoms with Crippen LogP contribution >= 0.6 is 0 Å². The maximum atomic E-state index is 11.1. The Balaban J connectivity index is 3.35. The molecule has 0 bridgehead atoms. The fourth-order valence-electron chi connectivity index (χ4n) is 1.21. The van der Waals surface area contributed by atoms with Crippen LogP contribution in [0.2, 0.25) is 0 Å². The summed E-state index contributed by atoms with van der Waals surface area (Å²) in [6.45, 7) is 4.34. The third kappa shape index (κ3) is 8.01. The molecule has 0 aromatic heterocycles. The number of hydrogen-bond acceptors (Lipinski definition) is 4. The molecule has 0 unspecified atom stereocenters. The van der Waals surface area contributed by atoms with Crippen molar-refractivity contribution in [3.8, 4) is 0 Å². The lowest BCUT2D eigenvalue weighted by atomic mass is 10.2. The number of carbonyl (C=O) groups excluding carboxylic acids is 1. The van der Waals surface area contributed by atoms with Gasteiger partial charge in [-0.25, -0.2) is 0 Å². The summed E-state index contributed by atoms with van der Waals surface area (Å²) in [5, 5.41) is 0. The molecule has 0 radical (unpaired) electrons. The van der Waals surface area contributed by atoms with E-state index in [9.17, 15) is 4.79 Å². The van der Waals surface area contributed by atoms with Crippen LogP contribution in [0.3, 0.4) is 0 Å². The molecule has 0 rings (SSSR count). The van der Waals surface area contributed by atoms with Crippen molar-refractivity contribution in [3.63, 3.8) is 0 Å². The number of esters is 1. The van der Waals surface area contributed by atoms with Gasteiger partial charge in [0.05, 0.1) is 13.2 Å². The van der Waals surface area contributed by atoms with Gasteiger partial charge in [-0.15, -0.1) is 0 Å². The molecule has 0 aliphatic heterocycles. The minimum absolute atomic E-state index is 0.145. The number of unbranched alkanes of at least 4 members (excludes halogenated alkanes) is 2. The minimum atomic E-state index is -0.145. The summed E-state index contributed by atoms with van der Waals surface area (Å²) in [4.78, 5) is 13.0. The van der Waals surface area contributed by atoms with Gasteiger partial charge in [0.1, 0.15) is 0 Å². The molecule has 0 aliphatic carbocycles. The van der Waals surface area contributed by atoms with Gasteiger partial charge in [0.15, 0.2) is 0 Å². The zero-order valence-electron chi connectivity index (χ0n) is 9.29. The molecule has 2 N–H and O–H groups in total. The molecular formula is C10H22N2O2. The number of ether oxygens (including phenoxy) is 1. The summed E-state index contributed by atoms with van der Waals surface area (Å²) in [6.07, 6.45) is 3.28. The van der Waals surface area contributed by atoms with Crippen molar-refractivity contribution in [2.75, 3.05) is 33.3 Å². The monoisotopic (exact) mass is 202 g/mol. The van der Waals surface area contributed by atoms with Gasteiger partial charge in [0.2, 0.25) is 0 Å². The van der Waals surface area contributed by atoms with Crippen LogP contribution in [0.4, 0.5) is 0 Å². The molecule has 0 aromatic carbocycles. The van der Waals surface area contributed by atoms with Gasteiger partial charge >= 0.3 is 5.97 Å². The lowest BCUT2D eigenvalue weighted by Crippen LogP contribution is -2.28. The van der Waals surface area contributed by atoms with Crippen LogP contribution in [0.1, 0.15) is 26.2 Å². The maximum Gasteiger partial charge on any atom is 0.320 e. The second-order valence-corrected chi connectivity index (χ2v) is 3.39. The molecule has 0 fully saturated rings. The third-order valence-corrected chi connectivity index (χ3v) is 1.95. The zero-order chi connectivity index (χ0) is 10.8. The number of carbonyl (C=O) groups is 1. The highest BCUT2D eigenvalue weighted by molar-refractivity contribution is 5.71. The first-order chi connectivity index (χ1) is 6.70. The van der Waals surface area contributed by atoms with Gasteiger partial charge in [-0.3, -0.25) is 9.69 Å². The number of rotatable bonds is 8. The second-order valence-electron chi connectivity index (χ2n) is 3.39. The summed E-state index contributed by atoms with van der Waals surface area (Å²) >= 11 is 0. The number of hydrogen-bond donors (Lipinski definition) is 1. The lowest BCUT2D eigenvalue weighted by Gasteiger charge is -2.14. The molecule has 14 heavy (non-hydrogen) atoms. The highest BCUT2D eigenvalue weighted by atomic mass is 16.5. The molecule has 84 valence electrons. The molecular weight excluding hydrogens is 180 g/mol. The fraction of sp³-hybridized carbons (Fsp3) is 0.900. The van der Waals surface area contributed by atoms with E-state index in [1.165, 1.54) is 0 Å². The average Bonchev–Trinajstić information content (AvgIpc) is 2.13. The number of likely N-dealkylation sites (N-methyl/N-ethyl adjacent to an activating group) is 1. The molecule has 0 aromatic rings. The SMILES string of the molecule is CCOC(=O)CN(C)CCCCCN. The molecule has 4 nitrogen and oxygen atoms in total. The fourth-order valence-corrected chi connectivity index (χ4v) is 1.21. The van der Waals surface area contributed by atoms with E-state index in [2.05, 4.69) is 0 Å². The Bertz CT molecular complexity index is 151. The first kappa shape index (κ1) is 13.4. The van der Waals surface area contributed by atoms with E-state index in [0.29, 0.717) is 13.2 Å². The van der Waals surface area contributed by atoms with Crippen molar-refractivity contribution >= 4 is 5.97 Å². The van der Waals surface area contributed by atoms with Crippen molar-refractivity contribution < 1.29 is 9.53 Å². The topological polar surface area (TPSA) is 55.6 Å². The Morgan fingerprint density at radius 2 is 2.07 bits per heavy atom. The number of nitrogens with two attached hydrogens (primary N) is 1. The van der Waals surface area contributed by atoms with E-state index >= 15 is 0 Å². The van der Waals surface area contributed by atoms with Gasteiger partial charge < -0.3 is 10.5 Å². The molecule has 4 heteroatoms.